The van der Waals surface area contributed by atoms with Crippen LogP contribution < -0.4 is 0 Å². The van der Waals surface area contributed by atoms with E-state index in [1.54, 1.807) is 18.4 Å². The Morgan fingerprint density at radius 1 is 0.963 bits per heavy atom. The zero-order valence-electron chi connectivity index (χ0n) is 15.0. The first-order chi connectivity index (χ1) is 12.9. The molecule has 0 unspecified atom stereocenters. The molecule has 1 aromatic heterocycles. The van der Waals surface area contributed by atoms with Crippen molar-refractivity contribution < 1.29 is 29.0 Å². The van der Waals surface area contributed by atoms with Gasteiger partial charge in [0.15, 0.2) is 5.76 Å². The molecule has 2 aromatic rings. The van der Waals surface area contributed by atoms with Crippen molar-refractivity contribution in [2.24, 2.45) is 0 Å². The maximum Gasteiger partial charge on any atom is 0.414 e. The highest BCUT2D eigenvalue weighted by molar-refractivity contribution is 6.27. The number of aryl methyl sites for hydroxylation is 1. The van der Waals surface area contributed by atoms with Crippen molar-refractivity contribution in [3.05, 3.63) is 59.5 Å². The lowest BCUT2D eigenvalue weighted by Gasteiger charge is -2.34. The van der Waals surface area contributed by atoms with Gasteiger partial charge in [-0.3, -0.25) is 9.69 Å². The van der Waals surface area contributed by atoms with E-state index >= 15 is 0 Å². The van der Waals surface area contributed by atoms with Gasteiger partial charge in [-0.05, 0) is 24.6 Å². The molecule has 0 aliphatic carbocycles. The number of amides is 1. The summed E-state index contributed by atoms with van der Waals surface area (Å²) in [5, 5.41) is 14.8. The van der Waals surface area contributed by atoms with Crippen molar-refractivity contribution >= 4 is 17.8 Å². The molecule has 1 amide bonds. The second kappa shape index (κ2) is 9.54. The molecule has 2 N–H and O–H groups in total. The fourth-order valence-electron chi connectivity index (χ4n) is 2.62. The van der Waals surface area contributed by atoms with Gasteiger partial charge in [0.05, 0.1) is 6.26 Å². The lowest BCUT2D eigenvalue weighted by molar-refractivity contribution is -0.159. The van der Waals surface area contributed by atoms with Crippen molar-refractivity contribution in [1.82, 2.24) is 9.80 Å². The van der Waals surface area contributed by atoms with Crippen LogP contribution in [0.4, 0.5) is 0 Å². The number of rotatable bonds is 3. The van der Waals surface area contributed by atoms with Gasteiger partial charge in [0.2, 0.25) is 0 Å². The summed E-state index contributed by atoms with van der Waals surface area (Å²) in [6, 6.07) is 12.1. The number of carboxylic acids is 2. The first kappa shape index (κ1) is 20.2. The first-order valence-corrected chi connectivity index (χ1v) is 8.43. The Bertz CT molecular complexity index is 750. The van der Waals surface area contributed by atoms with Crippen molar-refractivity contribution in [2.45, 2.75) is 13.5 Å². The highest BCUT2D eigenvalue weighted by Gasteiger charge is 2.23. The average Bonchev–Trinajstić information content (AvgIpc) is 3.19. The monoisotopic (exact) mass is 374 g/mol. The van der Waals surface area contributed by atoms with Crippen LogP contribution in [0.5, 0.6) is 0 Å². The number of carbonyl (C=O) groups excluding carboxylic acids is 1. The lowest BCUT2D eigenvalue weighted by Crippen LogP contribution is -2.48. The Balaban J connectivity index is 0.000000380. The molecule has 0 atom stereocenters. The van der Waals surface area contributed by atoms with Crippen LogP contribution in [0.1, 0.15) is 21.7 Å². The highest BCUT2D eigenvalue weighted by Crippen LogP contribution is 2.12. The number of aliphatic carboxylic acids is 2. The lowest BCUT2D eigenvalue weighted by atomic mass is 10.1. The van der Waals surface area contributed by atoms with E-state index in [9.17, 15) is 4.79 Å². The maximum absolute atomic E-state index is 12.2. The van der Waals surface area contributed by atoms with Gasteiger partial charge in [0.25, 0.3) is 5.91 Å². The molecule has 1 aliphatic heterocycles. The number of carboxylic acid groups (broad SMARTS) is 2. The third-order valence-corrected chi connectivity index (χ3v) is 4.10. The van der Waals surface area contributed by atoms with Gasteiger partial charge in [0, 0.05) is 32.7 Å². The Morgan fingerprint density at radius 2 is 1.56 bits per heavy atom. The van der Waals surface area contributed by atoms with E-state index < -0.39 is 11.9 Å². The van der Waals surface area contributed by atoms with E-state index in [-0.39, 0.29) is 5.91 Å². The predicted molar refractivity (Wildman–Crippen MR) is 96.3 cm³/mol. The average molecular weight is 374 g/mol. The number of furan rings is 1. The molecule has 144 valence electrons. The second-order valence-electron chi connectivity index (χ2n) is 6.14. The fourth-order valence-corrected chi connectivity index (χ4v) is 2.62. The molecule has 0 radical (unpaired) electrons. The zero-order valence-corrected chi connectivity index (χ0v) is 15.0. The van der Waals surface area contributed by atoms with E-state index in [1.165, 1.54) is 11.1 Å². The van der Waals surface area contributed by atoms with Gasteiger partial charge in [0.1, 0.15) is 0 Å². The van der Waals surface area contributed by atoms with Gasteiger partial charge < -0.3 is 19.5 Å². The number of benzene rings is 1. The summed E-state index contributed by atoms with van der Waals surface area (Å²) >= 11 is 0. The van der Waals surface area contributed by atoms with Gasteiger partial charge in [-0.1, -0.05) is 29.8 Å². The van der Waals surface area contributed by atoms with Crippen LogP contribution in [0.2, 0.25) is 0 Å². The third kappa shape index (κ3) is 6.27. The van der Waals surface area contributed by atoms with Crippen LogP contribution in [0.15, 0.2) is 47.1 Å². The van der Waals surface area contributed by atoms with Crippen LogP contribution in [-0.2, 0) is 16.1 Å². The summed E-state index contributed by atoms with van der Waals surface area (Å²) in [4.78, 5) is 34.6. The van der Waals surface area contributed by atoms with E-state index in [2.05, 4.69) is 36.1 Å². The van der Waals surface area contributed by atoms with Crippen LogP contribution in [0.3, 0.4) is 0 Å². The number of nitrogens with zero attached hydrogens (tertiary/aromatic N) is 2. The van der Waals surface area contributed by atoms with Crippen molar-refractivity contribution in [3.8, 4) is 0 Å². The summed E-state index contributed by atoms with van der Waals surface area (Å²) in [5.74, 6) is -3.22. The molecule has 1 aliphatic rings. The van der Waals surface area contributed by atoms with Crippen LogP contribution in [0, 0.1) is 6.92 Å². The molecule has 1 saturated heterocycles. The Morgan fingerprint density at radius 3 is 2.04 bits per heavy atom. The van der Waals surface area contributed by atoms with Crippen molar-refractivity contribution in [2.75, 3.05) is 26.2 Å². The van der Waals surface area contributed by atoms with E-state index in [0.29, 0.717) is 5.76 Å². The molecule has 1 aromatic carbocycles. The molecular weight excluding hydrogens is 352 g/mol. The largest absolute Gasteiger partial charge is 0.473 e. The van der Waals surface area contributed by atoms with Gasteiger partial charge >= 0.3 is 11.9 Å². The van der Waals surface area contributed by atoms with Crippen LogP contribution in [0.25, 0.3) is 0 Å². The standard InChI is InChI=1S/C17H20N2O2.C2H2O4/c1-14-4-6-15(7-5-14)13-18-8-10-19(11-9-18)17(20)16-3-2-12-21-16;3-1(4)2(5)6/h2-7,12H,8-11,13H2,1H3;(H,3,4)(H,5,6). The molecule has 0 spiro atoms. The normalized spacial score (nSPS) is 14.2. The number of carbonyl (C=O) groups is 3. The highest BCUT2D eigenvalue weighted by atomic mass is 16.4. The minimum Gasteiger partial charge on any atom is -0.473 e. The molecule has 8 heteroatoms. The van der Waals surface area contributed by atoms with Gasteiger partial charge in [-0.2, -0.15) is 0 Å². The Kier molecular flexibility index (Phi) is 7.13. The number of piperazine rings is 1. The van der Waals surface area contributed by atoms with Crippen molar-refractivity contribution in [1.29, 1.82) is 0 Å². The smallest absolute Gasteiger partial charge is 0.414 e. The van der Waals surface area contributed by atoms with Crippen LogP contribution >= 0.6 is 0 Å². The molecular formula is C19H22N2O6. The number of hydrogen-bond donors (Lipinski definition) is 2. The summed E-state index contributed by atoms with van der Waals surface area (Å²) < 4.78 is 5.18. The minimum atomic E-state index is -1.82. The Labute approximate surface area is 156 Å². The quantitative estimate of drug-likeness (QED) is 0.787. The third-order valence-electron chi connectivity index (χ3n) is 4.10. The molecule has 3 rings (SSSR count). The summed E-state index contributed by atoms with van der Waals surface area (Å²) in [5.41, 5.74) is 2.61. The second-order valence-corrected chi connectivity index (χ2v) is 6.14. The SMILES string of the molecule is Cc1ccc(CN2CCN(C(=O)c3ccco3)CC2)cc1.O=C(O)C(=O)O. The summed E-state index contributed by atoms with van der Waals surface area (Å²) in [6.07, 6.45) is 1.54. The molecule has 8 nitrogen and oxygen atoms in total. The molecule has 27 heavy (non-hydrogen) atoms. The van der Waals surface area contributed by atoms with E-state index in [4.69, 9.17) is 24.2 Å². The van der Waals surface area contributed by atoms with Crippen molar-refractivity contribution in [3.63, 3.8) is 0 Å². The predicted octanol–water partition coefficient (Wildman–Crippen LogP) is 1.70. The number of hydrogen-bond acceptors (Lipinski definition) is 5. The van der Waals surface area contributed by atoms with Gasteiger partial charge in [-0.15, -0.1) is 0 Å². The van der Waals surface area contributed by atoms with Crippen LogP contribution in [-0.4, -0.2) is 64.0 Å². The van der Waals surface area contributed by atoms with E-state index in [0.717, 1.165) is 32.7 Å². The topological polar surface area (TPSA) is 111 Å². The molecule has 0 bridgehead atoms. The first-order valence-electron chi connectivity index (χ1n) is 8.43. The summed E-state index contributed by atoms with van der Waals surface area (Å²) in [6.45, 7) is 6.36. The van der Waals surface area contributed by atoms with E-state index in [1.807, 2.05) is 4.90 Å². The molecule has 2 heterocycles. The minimum absolute atomic E-state index is 0.00464. The Hall–Kier alpha value is -3.13. The maximum atomic E-state index is 12.2. The molecule has 1 fully saturated rings. The van der Waals surface area contributed by atoms with Gasteiger partial charge in [-0.25, -0.2) is 9.59 Å². The molecule has 0 saturated carbocycles. The fraction of sp³-hybridized carbons (Fsp3) is 0.316. The summed E-state index contributed by atoms with van der Waals surface area (Å²) in [7, 11) is 0. The zero-order chi connectivity index (χ0) is 19.8.